The molecule has 0 fully saturated rings. The largest absolute Gasteiger partial charge is 0.386 e. The number of aliphatic imine (C=N–C) groups is 1. The number of hydrogen-bond donors (Lipinski definition) is 2. The third kappa shape index (κ3) is 6.92. The summed E-state index contributed by atoms with van der Waals surface area (Å²) < 4.78 is 13.0. The van der Waals surface area contributed by atoms with Crippen LogP contribution in [0.15, 0.2) is 53.5 Å². The monoisotopic (exact) mass is 471 g/mol. The van der Waals surface area contributed by atoms with Gasteiger partial charge in [-0.1, -0.05) is 42.0 Å². The Bertz CT molecular complexity index is 689. The van der Waals surface area contributed by atoms with Crippen molar-refractivity contribution < 1.29 is 9.50 Å². The van der Waals surface area contributed by atoms with E-state index >= 15 is 0 Å². The molecule has 0 saturated carbocycles. The van der Waals surface area contributed by atoms with E-state index in [1.54, 1.807) is 12.1 Å². The molecule has 1 unspecified atom stereocenters. The Morgan fingerprint density at radius 1 is 1.15 bits per heavy atom. The molecule has 0 aliphatic rings. The average Bonchev–Trinajstić information content (AvgIpc) is 2.60. The molecule has 2 aromatic carbocycles. The van der Waals surface area contributed by atoms with E-state index in [-0.39, 0.29) is 36.3 Å². The molecule has 0 heterocycles. The van der Waals surface area contributed by atoms with Crippen LogP contribution in [0.25, 0.3) is 0 Å². The number of guanidine groups is 1. The van der Waals surface area contributed by atoms with Gasteiger partial charge in [-0.3, -0.25) is 4.99 Å². The summed E-state index contributed by atoms with van der Waals surface area (Å²) in [5, 5.41) is 13.5. The van der Waals surface area contributed by atoms with Gasteiger partial charge in [0.05, 0.1) is 12.6 Å². The number of nitrogens with one attached hydrogen (secondary N) is 1. The minimum Gasteiger partial charge on any atom is -0.386 e. The van der Waals surface area contributed by atoms with Crippen LogP contribution in [-0.2, 0) is 6.54 Å². The standard InChI is InChI=1S/C20H26FN3O.HI/c1-4-22-20(24(3)14-16-7-5-15(2)6-8-16)23-13-19(25)17-9-11-18(21)12-10-17;/h5-12,19,25H,4,13-14H2,1-3H3,(H,22,23);1H. The zero-order valence-corrected chi connectivity index (χ0v) is 17.8. The zero-order chi connectivity index (χ0) is 18.2. The normalized spacial score (nSPS) is 12.3. The van der Waals surface area contributed by atoms with Gasteiger partial charge in [0.1, 0.15) is 5.82 Å². The lowest BCUT2D eigenvalue weighted by molar-refractivity contribution is 0.186. The lowest BCUT2D eigenvalue weighted by atomic mass is 10.1. The van der Waals surface area contributed by atoms with E-state index in [4.69, 9.17) is 0 Å². The molecular formula is C20H27FIN3O. The number of hydrogen-bond acceptors (Lipinski definition) is 2. The summed E-state index contributed by atoms with van der Waals surface area (Å²) in [6.45, 7) is 5.75. The summed E-state index contributed by atoms with van der Waals surface area (Å²) in [5.41, 5.74) is 3.08. The number of aryl methyl sites for hydroxylation is 1. The number of aliphatic hydroxyl groups is 1. The molecule has 0 bridgehead atoms. The Labute approximate surface area is 172 Å². The molecule has 2 N–H and O–H groups in total. The number of nitrogens with zero attached hydrogens (tertiary/aromatic N) is 2. The summed E-state index contributed by atoms with van der Waals surface area (Å²) in [7, 11) is 1.96. The first-order chi connectivity index (χ1) is 12.0. The smallest absolute Gasteiger partial charge is 0.194 e. The van der Waals surface area contributed by atoms with Gasteiger partial charge >= 0.3 is 0 Å². The number of halogens is 2. The van der Waals surface area contributed by atoms with Crippen LogP contribution in [0.3, 0.4) is 0 Å². The van der Waals surface area contributed by atoms with Gasteiger partial charge in [-0.05, 0) is 37.1 Å². The highest BCUT2D eigenvalue weighted by Gasteiger charge is 2.10. The lowest BCUT2D eigenvalue weighted by Crippen LogP contribution is -2.38. The molecule has 2 aromatic rings. The SMILES string of the molecule is CCNC(=NCC(O)c1ccc(F)cc1)N(C)Cc1ccc(C)cc1.I. The maximum Gasteiger partial charge on any atom is 0.194 e. The maximum atomic E-state index is 13.0. The van der Waals surface area contributed by atoms with E-state index < -0.39 is 6.10 Å². The minimum absolute atomic E-state index is 0. The fourth-order valence-electron chi connectivity index (χ4n) is 2.48. The quantitative estimate of drug-likeness (QED) is 0.382. The first kappa shape index (κ1) is 22.4. The van der Waals surface area contributed by atoms with E-state index in [0.29, 0.717) is 5.56 Å². The molecular weight excluding hydrogens is 444 g/mol. The van der Waals surface area contributed by atoms with Crippen LogP contribution in [0.2, 0.25) is 0 Å². The summed E-state index contributed by atoms with van der Waals surface area (Å²) >= 11 is 0. The van der Waals surface area contributed by atoms with Gasteiger partial charge in [-0.2, -0.15) is 0 Å². The van der Waals surface area contributed by atoms with Crippen molar-refractivity contribution in [2.45, 2.75) is 26.5 Å². The fraction of sp³-hybridized carbons (Fsp3) is 0.350. The van der Waals surface area contributed by atoms with Crippen molar-refractivity contribution in [1.82, 2.24) is 10.2 Å². The molecule has 0 aromatic heterocycles. The van der Waals surface area contributed by atoms with Gasteiger partial charge in [-0.25, -0.2) is 4.39 Å². The molecule has 0 spiro atoms. The molecule has 26 heavy (non-hydrogen) atoms. The molecule has 0 amide bonds. The van der Waals surface area contributed by atoms with Crippen molar-refractivity contribution in [2.24, 2.45) is 4.99 Å². The van der Waals surface area contributed by atoms with Crippen LogP contribution in [-0.4, -0.2) is 36.1 Å². The second-order valence-corrected chi connectivity index (χ2v) is 6.10. The first-order valence-electron chi connectivity index (χ1n) is 8.48. The summed E-state index contributed by atoms with van der Waals surface area (Å²) in [5.74, 6) is 0.412. The highest BCUT2D eigenvalue weighted by Crippen LogP contribution is 2.14. The molecule has 6 heteroatoms. The number of rotatable bonds is 6. The zero-order valence-electron chi connectivity index (χ0n) is 15.4. The Morgan fingerprint density at radius 2 is 1.77 bits per heavy atom. The molecule has 0 saturated heterocycles. The molecule has 4 nitrogen and oxygen atoms in total. The van der Waals surface area contributed by atoms with Crippen molar-refractivity contribution in [3.8, 4) is 0 Å². The molecule has 142 valence electrons. The van der Waals surface area contributed by atoms with Crippen molar-refractivity contribution in [3.05, 3.63) is 71.0 Å². The van der Waals surface area contributed by atoms with Gasteiger partial charge in [-0.15, -0.1) is 24.0 Å². The van der Waals surface area contributed by atoms with Gasteiger partial charge in [0.25, 0.3) is 0 Å². The fourth-order valence-corrected chi connectivity index (χ4v) is 2.48. The summed E-state index contributed by atoms with van der Waals surface area (Å²) in [4.78, 5) is 6.53. The van der Waals surface area contributed by atoms with Gasteiger partial charge in [0.2, 0.25) is 0 Å². The van der Waals surface area contributed by atoms with E-state index in [0.717, 1.165) is 19.0 Å². The Hall–Kier alpha value is -1.67. The Kier molecular flexibility index (Phi) is 9.58. The maximum absolute atomic E-state index is 13.0. The van der Waals surface area contributed by atoms with E-state index in [1.807, 2.05) is 18.9 Å². The molecule has 0 aliphatic heterocycles. The van der Waals surface area contributed by atoms with Crippen LogP contribution < -0.4 is 5.32 Å². The third-order valence-electron chi connectivity index (χ3n) is 3.91. The summed E-state index contributed by atoms with van der Waals surface area (Å²) in [6.07, 6.45) is -0.762. The second kappa shape index (κ2) is 11.1. The predicted octanol–water partition coefficient (Wildman–Crippen LogP) is 3.88. The lowest BCUT2D eigenvalue weighted by Gasteiger charge is -2.22. The van der Waals surface area contributed by atoms with Crippen LogP contribution in [0.5, 0.6) is 0 Å². The van der Waals surface area contributed by atoms with Gasteiger partial charge < -0.3 is 15.3 Å². The van der Waals surface area contributed by atoms with Crippen LogP contribution in [0.4, 0.5) is 4.39 Å². The van der Waals surface area contributed by atoms with Crippen molar-refractivity contribution in [3.63, 3.8) is 0 Å². The van der Waals surface area contributed by atoms with Gasteiger partial charge in [0, 0.05) is 20.1 Å². The van der Waals surface area contributed by atoms with Crippen LogP contribution >= 0.6 is 24.0 Å². The second-order valence-electron chi connectivity index (χ2n) is 6.10. The molecule has 1 atom stereocenters. The number of benzene rings is 2. The van der Waals surface area contributed by atoms with Crippen LogP contribution in [0, 0.1) is 12.7 Å². The van der Waals surface area contributed by atoms with Gasteiger partial charge in [0.15, 0.2) is 5.96 Å². The highest BCUT2D eigenvalue weighted by atomic mass is 127. The topological polar surface area (TPSA) is 47.9 Å². The minimum atomic E-state index is -0.762. The van der Waals surface area contributed by atoms with Crippen molar-refractivity contribution >= 4 is 29.9 Å². The summed E-state index contributed by atoms with van der Waals surface area (Å²) in [6, 6.07) is 14.2. The predicted molar refractivity (Wildman–Crippen MR) is 115 cm³/mol. The first-order valence-corrected chi connectivity index (χ1v) is 8.48. The molecule has 0 aliphatic carbocycles. The molecule has 2 rings (SSSR count). The Balaban J connectivity index is 0.00000338. The van der Waals surface area contributed by atoms with E-state index in [9.17, 15) is 9.50 Å². The van der Waals surface area contributed by atoms with Crippen molar-refractivity contribution in [1.29, 1.82) is 0 Å². The highest BCUT2D eigenvalue weighted by molar-refractivity contribution is 14.0. The number of aliphatic hydroxyl groups excluding tert-OH is 1. The third-order valence-corrected chi connectivity index (χ3v) is 3.91. The van der Waals surface area contributed by atoms with Crippen LogP contribution in [0.1, 0.15) is 29.7 Å². The average molecular weight is 471 g/mol. The van der Waals surface area contributed by atoms with E-state index in [2.05, 4.69) is 41.5 Å². The van der Waals surface area contributed by atoms with Crippen molar-refractivity contribution in [2.75, 3.05) is 20.1 Å². The molecule has 0 radical (unpaired) electrons. The Morgan fingerprint density at radius 3 is 2.35 bits per heavy atom. The van der Waals surface area contributed by atoms with E-state index in [1.165, 1.54) is 23.3 Å².